The van der Waals surface area contributed by atoms with Gasteiger partial charge in [0.05, 0.1) is 12.2 Å². The molecule has 1 amide bonds. The molecule has 2 aromatic rings. The molecule has 1 aliphatic heterocycles. The Labute approximate surface area is 129 Å². The maximum atomic E-state index is 12.8. The molecule has 2 aromatic heterocycles. The van der Waals surface area contributed by atoms with Gasteiger partial charge in [-0.25, -0.2) is 0 Å². The van der Waals surface area contributed by atoms with Crippen molar-refractivity contribution in [3.63, 3.8) is 0 Å². The van der Waals surface area contributed by atoms with E-state index in [-0.39, 0.29) is 17.9 Å². The van der Waals surface area contributed by atoms with Crippen LogP contribution in [-0.4, -0.2) is 32.3 Å². The highest BCUT2D eigenvalue weighted by Crippen LogP contribution is 2.50. The lowest BCUT2D eigenvalue weighted by Gasteiger charge is -2.23. The summed E-state index contributed by atoms with van der Waals surface area (Å²) >= 11 is 0. The number of rotatable bonds is 3. The zero-order valence-electron chi connectivity index (χ0n) is 12.9. The van der Waals surface area contributed by atoms with Crippen LogP contribution in [0.4, 0.5) is 0 Å². The first-order chi connectivity index (χ1) is 10.6. The topological polar surface area (TPSA) is 64.2 Å². The van der Waals surface area contributed by atoms with Gasteiger partial charge in [-0.15, -0.1) is 0 Å². The van der Waals surface area contributed by atoms with E-state index < -0.39 is 0 Å². The van der Waals surface area contributed by atoms with Gasteiger partial charge >= 0.3 is 0 Å². The van der Waals surface area contributed by atoms with Gasteiger partial charge in [0.1, 0.15) is 11.5 Å². The number of hydrogen-bond donors (Lipinski definition) is 0. The van der Waals surface area contributed by atoms with Crippen LogP contribution in [0.15, 0.2) is 23.0 Å². The van der Waals surface area contributed by atoms with Crippen LogP contribution >= 0.6 is 0 Å². The molecule has 22 heavy (non-hydrogen) atoms. The largest absolute Gasteiger partial charge is 0.361 e. The second kappa shape index (κ2) is 4.97. The molecule has 116 valence electrons. The minimum absolute atomic E-state index is 0.0834. The summed E-state index contributed by atoms with van der Waals surface area (Å²) in [6.45, 7) is 2.71. The predicted molar refractivity (Wildman–Crippen MR) is 79.0 cm³/mol. The van der Waals surface area contributed by atoms with E-state index in [1.165, 1.54) is 5.56 Å². The Morgan fingerprint density at radius 2 is 2.32 bits per heavy atom. The quantitative estimate of drug-likeness (QED) is 0.871. The molecule has 6 heteroatoms. The monoisotopic (exact) mass is 300 g/mol. The lowest BCUT2D eigenvalue weighted by Crippen LogP contribution is -2.32. The summed E-state index contributed by atoms with van der Waals surface area (Å²) in [6.07, 6.45) is 6.83. The van der Waals surface area contributed by atoms with Gasteiger partial charge in [0, 0.05) is 31.8 Å². The first-order valence-corrected chi connectivity index (χ1v) is 7.85. The maximum Gasteiger partial charge on any atom is 0.226 e. The van der Waals surface area contributed by atoms with E-state index in [1.807, 2.05) is 37.3 Å². The van der Waals surface area contributed by atoms with Gasteiger partial charge in [-0.05, 0) is 37.7 Å². The molecule has 6 nitrogen and oxygen atoms in total. The van der Waals surface area contributed by atoms with Crippen LogP contribution in [-0.2, 0) is 11.8 Å². The molecular weight excluding hydrogens is 280 g/mol. The zero-order chi connectivity index (χ0) is 15.3. The third kappa shape index (κ3) is 2.23. The predicted octanol–water partition coefficient (Wildman–Crippen LogP) is 2.18. The van der Waals surface area contributed by atoms with Gasteiger partial charge in [0.2, 0.25) is 5.91 Å². The fourth-order valence-corrected chi connectivity index (χ4v) is 3.56. The summed E-state index contributed by atoms with van der Waals surface area (Å²) in [5.41, 5.74) is 2.07. The average Bonchev–Trinajstić information content (AvgIpc) is 2.85. The van der Waals surface area contributed by atoms with Crippen LogP contribution in [0.3, 0.4) is 0 Å². The number of aryl methyl sites for hydroxylation is 2. The number of hydrogen-bond acceptors (Lipinski definition) is 4. The molecule has 3 unspecified atom stereocenters. The van der Waals surface area contributed by atoms with Gasteiger partial charge in [-0.3, -0.25) is 9.48 Å². The van der Waals surface area contributed by atoms with Crippen LogP contribution in [0, 0.1) is 12.8 Å². The molecule has 3 heterocycles. The molecule has 0 N–H and O–H groups in total. The van der Waals surface area contributed by atoms with Crippen LogP contribution in [0.25, 0.3) is 0 Å². The molecule has 1 saturated carbocycles. The summed E-state index contributed by atoms with van der Waals surface area (Å²) in [6, 6.07) is 2.03. The maximum absolute atomic E-state index is 12.8. The van der Waals surface area contributed by atoms with Crippen molar-refractivity contribution in [3.05, 3.63) is 35.5 Å². The van der Waals surface area contributed by atoms with Crippen LogP contribution in [0.2, 0.25) is 0 Å². The Morgan fingerprint density at radius 1 is 1.45 bits per heavy atom. The summed E-state index contributed by atoms with van der Waals surface area (Å²) in [5, 5.41) is 8.31. The highest BCUT2D eigenvalue weighted by molar-refractivity contribution is 5.83. The summed E-state index contributed by atoms with van der Waals surface area (Å²) in [4.78, 5) is 14.8. The van der Waals surface area contributed by atoms with Gasteiger partial charge < -0.3 is 9.42 Å². The lowest BCUT2D eigenvalue weighted by atomic mass is 10.1. The van der Waals surface area contributed by atoms with Crippen molar-refractivity contribution in [1.29, 1.82) is 0 Å². The fraction of sp³-hybridized carbons (Fsp3) is 0.562. The molecule has 0 bridgehead atoms. The summed E-state index contributed by atoms with van der Waals surface area (Å²) < 4.78 is 6.97. The normalized spacial score (nSPS) is 27.4. The van der Waals surface area contributed by atoms with Crippen molar-refractivity contribution in [1.82, 2.24) is 19.8 Å². The summed E-state index contributed by atoms with van der Waals surface area (Å²) in [5.74, 6) is 1.50. The Hall–Kier alpha value is -2.11. The SMILES string of the molecule is Cc1cc(C2CCCN2C(=O)C2CC2c2cnn(C)c2)no1. The van der Waals surface area contributed by atoms with E-state index in [0.29, 0.717) is 5.92 Å². The number of amides is 1. The van der Waals surface area contributed by atoms with E-state index in [4.69, 9.17) is 4.52 Å². The Balaban J connectivity index is 1.48. The molecule has 2 fully saturated rings. The molecule has 2 aliphatic rings. The van der Waals surface area contributed by atoms with Crippen molar-refractivity contribution in [2.75, 3.05) is 6.54 Å². The van der Waals surface area contributed by atoms with Gasteiger partial charge in [0.15, 0.2) is 0 Å². The van der Waals surface area contributed by atoms with Gasteiger partial charge in [-0.1, -0.05) is 5.16 Å². The van der Waals surface area contributed by atoms with Crippen molar-refractivity contribution in [2.45, 2.75) is 38.1 Å². The van der Waals surface area contributed by atoms with E-state index in [2.05, 4.69) is 10.3 Å². The Bertz CT molecular complexity index is 705. The third-order valence-corrected chi connectivity index (χ3v) is 4.78. The van der Waals surface area contributed by atoms with E-state index >= 15 is 0 Å². The van der Waals surface area contributed by atoms with Crippen LogP contribution < -0.4 is 0 Å². The first kappa shape index (κ1) is 13.5. The minimum Gasteiger partial charge on any atom is -0.361 e. The highest BCUT2D eigenvalue weighted by atomic mass is 16.5. The fourth-order valence-electron chi connectivity index (χ4n) is 3.56. The smallest absolute Gasteiger partial charge is 0.226 e. The first-order valence-electron chi connectivity index (χ1n) is 7.85. The molecule has 0 radical (unpaired) electrons. The van der Waals surface area contributed by atoms with Gasteiger partial charge in [0.25, 0.3) is 0 Å². The molecule has 3 atom stereocenters. The minimum atomic E-state index is 0.0834. The van der Waals surface area contributed by atoms with Crippen molar-refractivity contribution in [2.24, 2.45) is 13.0 Å². The molecule has 1 saturated heterocycles. The van der Waals surface area contributed by atoms with Crippen LogP contribution in [0.1, 0.15) is 48.2 Å². The standard InChI is InChI=1S/C16H20N4O2/c1-10-6-14(18-22-10)15-4-3-5-20(15)16(21)13-7-12(13)11-8-17-19(2)9-11/h6,8-9,12-13,15H,3-5,7H2,1-2H3. The second-order valence-electron chi connectivity index (χ2n) is 6.45. The number of carbonyl (C=O) groups is 1. The van der Waals surface area contributed by atoms with Crippen molar-refractivity contribution >= 4 is 5.91 Å². The van der Waals surface area contributed by atoms with Crippen LogP contribution in [0.5, 0.6) is 0 Å². The number of likely N-dealkylation sites (tertiary alicyclic amines) is 1. The number of nitrogens with zero attached hydrogens (tertiary/aromatic N) is 4. The Morgan fingerprint density at radius 3 is 3.00 bits per heavy atom. The second-order valence-corrected chi connectivity index (χ2v) is 6.45. The molecule has 0 aromatic carbocycles. The van der Waals surface area contributed by atoms with E-state index in [1.54, 1.807) is 4.68 Å². The Kier molecular flexibility index (Phi) is 3.06. The molecular formula is C16H20N4O2. The third-order valence-electron chi connectivity index (χ3n) is 4.78. The molecule has 0 spiro atoms. The lowest BCUT2D eigenvalue weighted by molar-refractivity contribution is -0.133. The zero-order valence-corrected chi connectivity index (χ0v) is 12.9. The average molecular weight is 300 g/mol. The molecule has 4 rings (SSSR count). The van der Waals surface area contributed by atoms with E-state index in [9.17, 15) is 4.79 Å². The number of carbonyl (C=O) groups excluding carboxylic acids is 1. The number of aromatic nitrogens is 3. The molecule has 1 aliphatic carbocycles. The van der Waals surface area contributed by atoms with Crippen molar-refractivity contribution in [3.8, 4) is 0 Å². The van der Waals surface area contributed by atoms with Crippen molar-refractivity contribution < 1.29 is 9.32 Å². The highest BCUT2D eigenvalue weighted by Gasteiger charge is 2.48. The summed E-state index contributed by atoms with van der Waals surface area (Å²) in [7, 11) is 1.91. The van der Waals surface area contributed by atoms with E-state index in [0.717, 1.165) is 37.3 Å². The van der Waals surface area contributed by atoms with Gasteiger partial charge in [-0.2, -0.15) is 5.10 Å².